The number of nitrogens with zero attached hydrogens (tertiary/aromatic N) is 6. The molecule has 34 heavy (non-hydrogen) atoms. The minimum Gasteiger partial charge on any atom is -0.492 e. The first kappa shape index (κ1) is 25.3. The Balaban J connectivity index is 2.23. The highest BCUT2D eigenvalue weighted by Gasteiger charge is 2.38. The van der Waals surface area contributed by atoms with Crippen LogP contribution in [-0.2, 0) is 0 Å². The van der Waals surface area contributed by atoms with Crippen molar-refractivity contribution in [1.29, 1.82) is 10.5 Å². The number of hydrogen-bond acceptors (Lipinski definition) is 9. The lowest BCUT2D eigenvalue weighted by Gasteiger charge is -2.17. The number of amides is 2. The lowest BCUT2D eigenvalue weighted by atomic mass is 10.0. The van der Waals surface area contributed by atoms with Gasteiger partial charge in [0.25, 0.3) is 17.4 Å². The van der Waals surface area contributed by atoms with E-state index in [0.717, 1.165) is 9.58 Å². The maximum absolute atomic E-state index is 13.0. The summed E-state index contributed by atoms with van der Waals surface area (Å²) in [5.74, 6) is -1.61. The van der Waals surface area contributed by atoms with Gasteiger partial charge in [0.15, 0.2) is 5.69 Å². The van der Waals surface area contributed by atoms with Gasteiger partial charge in [0, 0.05) is 12.1 Å². The standard InChI is InChI=1S/C21H17BrIN7O4/c1-4-13(23)28-30-19(32)12(8-25)9(3)16(21(30)34)26-27-17-10(7-24)6-11-14(15(17)22)20(33)29(5-2)18(11)31/h6,13,28,32H,4-5H2,1-3H3. The molecular weight excluding hydrogens is 621 g/mol. The van der Waals surface area contributed by atoms with Gasteiger partial charge >= 0.3 is 0 Å². The molecule has 0 saturated heterocycles. The van der Waals surface area contributed by atoms with E-state index in [-0.39, 0.29) is 54.3 Å². The predicted molar refractivity (Wildman–Crippen MR) is 133 cm³/mol. The zero-order chi connectivity index (χ0) is 25.3. The summed E-state index contributed by atoms with van der Waals surface area (Å²) in [4.78, 5) is 39.3. The van der Waals surface area contributed by atoms with Crippen LogP contribution in [0.5, 0.6) is 5.88 Å². The highest BCUT2D eigenvalue weighted by molar-refractivity contribution is 14.1. The van der Waals surface area contributed by atoms with Crippen LogP contribution in [0.4, 0.5) is 11.4 Å². The van der Waals surface area contributed by atoms with Gasteiger partial charge in [-0.2, -0.15) is 15.2 Å². The molecule has 1 atom stereocenters. The van der Waals surface area contributed by atoms with Crippen molar-refractivity contribution in [1.82, 2.24) is 9.58 Å². The number of nitriles is 2. The van der Waals surface area contributed by atoms with Crippen LogP contribution in [-0.4, -0.2) is 37.1 Å². The zero-order valence-electron chi connectivity index (χ0n) is 18.2. The average Bonchev–Trinajstić information content (AvgIpc) is 3.06. The SMILES string of the molecule is CCC(I)Nn1c(O)c(C#N)c(C)c(N=Nc2c(C#N)cc3c(c2Br)C(=O)N(CC)C3=O)c1=O. The van der Waals surface area contributed by atoms with Crippen LogP contribution in [0.3, 0.4) is 0 Å². The Bertz CT molecular complexity index is 1400. The summed E-state index contributed by atoms with van der Waals surface area (Å²) in [6.07, 6.45) is 0.619. The summed E-state index contributed by atoms with van der Waals surface area (Å²) in [5, 5.41) is 37.6. The van der Waals surface area contributed by atoms with Crippen molar-refractivity contribution in [3.8, 4) is 18.0 Å². The molecule has 0 spiro atoms. The predicted octanol–water partition coefficient (Wildman–Crippen LogP) is 4.11. The monoisotopic (exact) mass is 637 g/mol. The molecule has 0 bridgehead atoms. The third kappa shape index (κ3) is 4.05. The molecule has 13 heteroatoms. The fourth-order valence-electron chi connectivity index (χ4n) is 3.32. The number of aromatic nitrogens is 1. The minimum atomic E-state index is -0.757. The summed E-state index contributed by atoms with van der Waals surface area (Å²) in [6.45, 7) is 5.11. The van der Waals surface area contributed by atoms with Crippen LogP contribution in [0.25, 0.3) is 0 Å². The molecule has 0 aliphatic carbocycles. The number of hydrogen-bond donors (Lipinski definition) is 2. The van der Waals surface area contributed by atoms with Crippen molar-refractivity contribution in [3.05, 3.63) is 48.7 Å². The number of pyridine rings is 1. The molecule has 2 N–H and O–H groups in total. The van der Waals surface area contributed by atoms with E-state index in [0.29, 0.717) is 6.42 Å². The topological polar surface area (TPSA) is 164 Å². The van der Waals surface area contributed by atoms with E-state index in [1.807, 2.05) is 41.7 Å². The number of carbonyl (C=O) groups is 2. The van der Waals surface area contributed by atoms with Crippen LogP contribution < -0.4 is 11.0 Å². The second-order valence-electron chi connectivity index (χ2n) is 7.11. The fraction of sp³-hybridized carbons (Fsp3) is 0.286. The van der Waals surface area contributed by atoms with Gasteiger partial charge in [-0.3, -0.25) is 19.3 Å². The van der Waals surface area contributed by atoms with E-state index in [4.69, 9.17) is 0 Å². The first-order valence-corrected chi connectivity index (χ1v) is 12.0. The first-order chi connectivity index (χ1) is 16.1. The summed E-state index contributed by atoms with van der Waals surface area (Å²) >= 11 is 5.29. The van der Waals surface area contributed by atoms with E-state index in [1.54, 1.807) is 6.92 Å². The Morgan fingerprint density at radius 3 is 2.38 bits per heavy atom. The number of alkyl halides is 1. The molecule has 1 aliphatic heterocycles. The second-order valence-corrected chi connectivity index (χ2v) is 9.40. The number of aromatic hydroxyl groups is 1. The van der Waals surface area contributed by atoms with Gasteiger partial charge in [0.1, 0.15) is 23.4 Å². The molecule has 1 unspecified atom stereocenters. The minimum absolute atomic E-state index is 0.0397. The Labute approximate surface area is 215 Å². The van der Waals surface area contributed by atoms with Crippen LogP contribution in [0.15, 0.2) is 25.6 Å². The summed E-state index contributed by atoms with van der Waals surface area (Å²) in [6, 6.07) is 5.03. The van der Waals surface area contributed by atoms with Gasteiger partial charge in [-0.25, -0.2) is 0 Å². The molecule has 3 rings (SSSR count). The van der Waals surface area contributed by atoms with Gasteiger partial charge in [-0.1, -0.05) is 29.5 Å². The molecule has 1 aliphatic rings. The number of benzene rings is 1. The number of azo groups is 1. The molecular formula is C21H17BrIN7O4. The lowest BCUT2D eigenvalue weighted by Crippen LogP contribution is -2.33. The smallest absolute Gasteiger partial charge is 0.300 e. The fourth-order valence-corrected chi connectivity index (χ4v) is 4.28. The highest BCUT2D eigenvalue weighted by Crippen LogP contribution is 2.40. The molecule has 174 valence electrons. The van der Waals surface area contributed by atoms with Crippen LogP contribution in [0, 0.1) is 29.6 Å². The second kappa shape index (κ2) is 9.90. The number of carbonyl (C=O) groups excluding carboxylic acids is 2. The zero-order valence-corrected chi connectivity index (χ0v) is 21.9. The van der Waals surface area contributed by atoms with Crippen LogP contribution >= 0.6 is 38.5 Å². The maximum Gasteiger partial charge on any atom is 0.300 e. The molecule has 0 radical (unpaired) electrons. The van der Waals surface area contributed by atoms with Gasteiger partial charge in [0.05, 0.1) is 25.2 Å². The number of nitrogens with one attached hydrogen (secondary N) is 1. The molecule has 11 nitrogen and oxygen atoms in total. The van der Waals surface area contributed by atoms with Gasteiger partial charge < -0.3 is 10.5 Å². The summed E-state index contributed by atoms with van der Waals surface area (Å²) in [5.41, 5.74) is 1.75. The van der Waals surface area contributed by atoms with Crippen molar-refractivity contribution in [2.75, 3.05) is 12.0 Å². The summed E-state index contributed by atoms with van der Waals surface area (Å²) < 4.78 is 0.680. The van der Waals surface area contributed by atoms with Crippen molar-refractivity contribution in [3.63, 3.8) is 0 Å². The normalized spacial score (nSPS) is 13.7. The Hall–Kier alpha value is -3.30. The Morgan fingerprint density at radius 2 is 1.82 bits per heavy atom. The first-order valence-electron chi connectivity index (χ1n) is 9.96. The van der Waals surface area contributed by atoms with Gasteiger partial charge in [-0.05, 0) is 42.3 Å². The number of rotatable bonds is 6. The molecule has 2 amide bonds. The average molecular weight is 638 g/mol. The molecule has 0 saturated carbocycles. The third-order valence-electron chi connectivity index (χ3n) is 5.17. The van der Waals surface area contributed by atoms with Crippen molar-refractivity contribution in [2.24, 2.45) is 10.2 Å². The van der Waals surface area contributed by atoms with Crippen LogP contribution in [0.2, 0.25) is 0 Å². The lowest BCUT2D eigenvalue weighted by molar-refractivity contribution is 0.0662. The number of halogens is 2. The molecule has 2 heterocycles. The molecule has 0 fully saturated rings. The summed E-state index contributed by atoms with van der Waals surface area (Å²) in [7, 11) is 0. The number of fused-ring (bicyclic) bond motifs is 1. The molecule has 1 aromatic carbocycles. The van der Waals surface area contributed by atoms with E-state index in [2.05, 4.69) is 31.6 Å². The van der Waals surface area contributed by atoms with Gasteiger partial charge in [0.2, 0.25) is 5.88 Å². The number of imide groups is 1. The van der Waals surface area contributed by atoms with E-state index in [9.17, 15) is 30.0 Å². The van der Waals surface area contributed by atoms with Crippen LogP contribution in [0.1, 0.15) is 57.7 Å². The Kier molecular flexibility index (Phi) is 7.38. The van der Waals surface area contributed by atoms with E-state index < -0.39 is 23.3 Å². The van der Waals surface area contributed by atoms with E-state index in [1.165, 1.54) is 13.0 Å². The molecule has 2 aromatic rings. The Morgan fingerprint density at radius 1 is 1.18 bits per heavy atom. The molecule has 1 aromatic heterocycles. The van der Waals surface area contributed by atoms with Crippen molar-refractivity contribution >= 4 is 61.7 Å². The van der Waals surface area contributed by atoms with Crippen molar-refractivity contribution in [2.45, 2.75) is 31.2 Å². The largest absolute Gasteiger partial charge is 0.492 e. The quantitative estimate of drug-likeness (QED) is 0.158. The van der Waals surface area contributed by atoms with Gasteiger partial charge in [-0.15, -0.1) is 10.2 Å². The van der Waals surface area contributed by atoms with E-state index >= 15 is 0 Å². The highest BCUT2D eigenvalue weighted by atomic mass is 127. The third-order valence-corrected chi connectivity index (χ3v) is 7.10. The van der Waals surface area contributed by atoms with Crippen molar-refractivity contribution < 1.29 is 14.7 Å². The maximum atomic E-state index is 13.0.